The van der Waals surface area contributed by atoms with E-state index in [0.29, 0.717) is 12.5 Å². The summed E-state index contributed by atoms with van der Waals surface area (Å²) in [5, 5.41) is 4.22. The van der Waals surface area contributed by atoms with Crippen molar-refractivity contribution in [1.82, 2.24) is 10.0 Å². The van der Waals surface area contributed by atoms with Crippen molar-refractivity contribution in [2.24, 2.45) is 26.8 Å². The van der Waals surface area contributed by atoms with Gasteiger partial charge in [0.25, 0.3) is 0 Å². The molecule has 0 aliphatic carbocycles. The Morgan fingerprint density at radius 1 is 1.40 bits per heavy atom. The molecule has 0 aromatic rings. The number of aliphatic imine (C=N–C) groups is 3. The Kier molecular flexibility index (Phi) is 7.07. The summed E-state index contributed by atoms with van der Waals surface area (Å²) in [6.07, 6.45) is 14.1. The van der Waals surface area contributed by atoms with Crippen molar-refractivity contribution < 1.29 is 0 Å². The first-order valence-corrected chi connectivity index (χ1v) is 8.73. The van der Waals surface area contributed by atoms with Gasteiger partial charge in [-0.25, -0.2) is 10.0 Å². The first-order chi connectivity index (χ1) is 12.1. The predicted octanol–water partition coefficient (Wildman–Crippen LogP) is 3.50. The first kappa shape index (κ1) is 19.1. The average Bonchev–Trinajstić information content (AvgIpc) is 2.79. The summed E-state index contributed by atoms with van der Waals surface area (Å²) < 4.78 is 0. The Balaban J connectivity index is 2.19. The van der Waals surface area contributed by atoms with Crippen molar-refractivity contribution in [2.45, 2.75) is 19.8 Å². The summed E-state index contributed by atoms with van der Waals surface area (Å²) in [4.78, 5) is 13.1. The van der Waals surface area contributed by atoms with E-state index in [1.165, 1.54) is 5.57 Å². The fourth-order valence-electron chi connectivity index (χ4n) is 3.18. The SMILES string of the molecule is C=CCN=CC/C=C1/N=CCC=C(C2C=C(N=C)N(C)N(C)C2)C1C. The van der Waals surface area contributed by atoms with Gasteiger partial charge < -0.3 is 0 Å². The number of hydrazine groups is 1. The van der Waals surface area contributed by atoms with Crippen LogP contribution in [0.4, 0.5) is 0 Å². The number of rotatable bonds is 6. The molecule has 2 aliphatic rings. The summed E-state index contributed by atoms with van der Waals surface area (Å²) in [5.41, 5.74) is 2.50. The van der Waals surface area contributed by atoms with Gasteiger partial charge in [-0.2, -0.15) is 0 Å². The minimum absolute atomic E-state index is 0.274. The highest BCUT2D eigenvalue weighted by Crippen LogP contribution is 2.33. The van der Waals surface area contributed by atoms with Gasteiger partial charge in [-0.1, -0.05) is 30.7 Å². The molecule has 0 saturated carbocycles. The Morgan fingerprint density at radius 2 is 2.20 bits per heavy atom. The van der Waals surface area contributed by atoms with E-state index in [-0.39, 0.29) is 5.92 Å². The summed E-state index contributed by atoms with van der Waals surface area (Å²) in [5.74, 6) is 1.49. The summed E-state index contributed by atoms with van der Waals surface area (Å²) in [6, 6.07) is 0. The van der Waals surface area contributed by atoms with Crippen LogP contribution >= 0.6 is 0 Å². The lowest BCUT2D eigenvalue weighted by atomic mass is 9.85. The van der Waals surface area contributed by atoms with Crippen LogP contribution in [0.15, 0.2) is 63.0 Å². The Morgan fingerprint density at radius 3 is 2.92 bits per heavy atom. The lowest BCUT2D eigenvalue weighted by Crippen LogP contribution is -2.43. The molecule has 2 atom stereocenters. The molecule has 2 heterocycles. The van der Waals surface area contributed by atoms with E-state index in [1.807, 2.05) is 24.5 Å². The van der Waals surface area contributed by atoms with Gasteiger partial charge in [-0.05, 0) is 12.8 Å². The van der Waals surface area contributed by atoms with E-state index >= 15 is 0 Å². The molecule has 5 heteroatoms. The van der Waals surface area contributed by atoms with Gasteiger partial charge in [0, 0.05) is 63.4 Å². The number of hydrogen-bond acceptors (Lipinski definition) is 5. The molecule has 5 nitrogen and oxygen atoms in total. The topological polar surface area (TPSA) is 43.6 Å². The quantitative estimate of drug-likeness (QED) is 0.549. The Hall–Kier alpha value is -2.27. The van der Waals surface area contributed by atoms with Gasteiger partial charge in [-0.3, -0.25) is 15.0 Å². The van der Waals surface area contributed by atoms with E-state index in [1.54, 1.807) is 6.08 Å². The number of allylic oxidation sites excluding steroid dienone is 3. The van der Waals surface area contributed by atoms with Crippen molar-refractivity contribution in [3.05, 3.63) is 48.0 Å². The van der Waals surface area contributed by atoms with Crippen LogP contribution in [0.2, 0.25) is 0 Å². The molecular weight excluding hydrogens is 310 g/mol. The summed E-state index contributed by atoms with van der Waals surface area (Å²) in [7, 11) is 4.09. The van der Waals surface area contributed by atoms with Gasteiger partial charge in [-0.15, -0.1) is 6.58 Å². The maximum Gasteiger partial charge on any atom is 0.138 e. The van der Waals surface area contributed by atoms with Crippen LogP contribution in [0.3, 0.4) is 0 Å². The molecule has 0 N–H and O–H groups in total. The molecule has 2 rings (SSSR count). The lowest BCUT2D eigenvalue weighted by Gasteiger charge is -2.38. The Labute approximate surface area is 151 Å². The van der Waals surface area contributed by atoms with E-state index in [0.717, 1.165) is 30.9 Å². The van der Waals surface area contributed by atoms with Crippen LogP contribution in [-0.2, 0) is 0 Å². The minimum atomic E-state index is 0.274. The van der Waals surface area contributed by atoms with E-state index in [9.17, 15) is 0 Å². The van der Waals surface area contributed by atoms with Crippen LogP contribution in [-0.4, -0.2) is 56.3 Å². The molecular formula is C20H29N5. The largest absolute Gasteiger partial charge is 0.293 e. The van der Waals surface area contributed by atoms with Crippen molar-refractivity contribution in [3.63, 3.8) is 0 Å². The highest BCUT2D eigenvalue weighted by atomic mass is 15.6. The predicted molar refractivity (Wildman–Crippen MR) is 108 cm³/mol. The molecule has 0 fully saturated rings. The number of nitrogens with zero attached hydrogens (tertiary/aromatic N) is 5. The van der Waals surface area contributed by atoms with Crippen LogP contribution in [0.5, 0.6) is 0 Å². The minimum Gasteiger partial charge on any atom is -0.293 e. The van der Waals surface area contributed by atoms with E-state index < -0.39 is 0 Å². The maximum absolute atomic E-state index is 4.66. The molecule has 2 unspecified atom stereocenters. The second kappa shape index (κ2) is 9.28. The van der Waals surface area contributed by atoms with E-state index in [2.05, 4.69) is 65.5 Å². The zero-order valence-corrected chi connectivity index (χ0v) is 15.6. The third-order valence-electron chi connectivity index (χ3n) is 4.68. The standard InChI is InChI=1S/C20H29N5/c1-6-11-22-12-8-10-19-16(2)18(9-7-13-23-19)17-14-20(21-3)25(5)24(4)15-17/h6,9-10,12-14,16-17H,1,3,7-8,11,15H2,2,4-5H3/b19-10+,22-12?. The van der Waals surface area contributed by atoms with Crippen LogP contribution in [0, 0.1) is 11.8 Å². The number of hydrogen-bond donors (Lipinski definition) is 0. The second-order valence-corrected chi connectivity index (χ2v) is 6.33. The zero-order chi connectivity index (χ0) is 18.2. The maximum atomic E-state index is 4.66. The average molecular weight is 339 g/mol. The molecule has 0 amide bonds. The molecule has 0 aromatic carbocycles. The summed E-state index contributed by atoms with van der Waals surface area (Å²) in [6.45, 7) is 11.2. The Bertz CT molecular complexity index is 638. The third kappa shape index (κ3) is 4.86. The molecule has 0 radical (unpaired) electrons. The van der Waals surface area contributed by atoms with Crippen molar-refractivity contribution >= 4 is 19.1 Å². The summed E-state index contributed by atoms with van der Waals surface area (Å²) >= 11 is 0. The van der Waals surface area contributed by atoms with E-state index in [4.69, 9.17) is 0 Å². The fraction of sp³-hybridized carbons (Fsp3) is 0.450. The van der Waals surface area contributed by atoms with Crippen molar-refractivity contribution in [3.8, 4) is 0 Å². The van der Waals surface area contributed by atoms with Crippen LogP contribution in [0.1, 0.15) is 19.8 Å². The first-order valence-electron chi connectivity index (χ1n) is 8.73. The highest BCUT2D eigenvalue weighted by molar-refractivity contribution is 5.64. The monoisotopic (exact) mass is 339 g/mol. The zero-order valence-electron chi connectivity index (χ0n) is 15.6. The van der Waals surface area contributed by atoms with Crippen molar-refractivity contribution in [2.75, 3.05) is 27.2 Å². The second-order valence-electron chi connectivity index (χ2n) is 6.33. The molecule has 0 bridgehead atoms. The fourth-order valence-corrected chi connectivity index (χ4v) is 3.18. The molecule has 134 valence electrons. The molecule has 25 heavy (non-hydrogen) atoms. The lowest BCUT2D eigenvalue weighted by molar-refractivity contribution is 0.0412. The highest BCUT2D eigenvalue weighted by Gasteiger charge is 2.28. The van der Waals surface area contributed by atoms with Gasteiger partial charge in [0.05, 0.1) is 6.54 Å². The molecule has 0 aromatic heterocycles. The van der Waals surface area contributed by atoms with Gasteiger partial charge in [0.2, 0.25) is 0 Å². The smallest absolute Gasteiger partial charge is 0.138 e. The normalized spacial score (nSPS) is 26.5. The molecule has 2 aliphatic heterocycles. The van der Waals surface area contributed by atoms with Crippen molar-refractivity contribution in [1.29, 1.82) is 0 Å². The van der Waals surface area contributed by atoms with Gasteiger partial charge >= 0.3 is 0 Å². The molecule has 0 saturated heterocycles. The van der Waals surface area contributed by atoms with Crippen LogP contribution < -0.4 is 0 Å². The third-order valence-corrected chi connectivity index (χ3v) is 4.68. The molecule has 0 spiro atoms. The van der Waals surface area contributed by atoms with Gasteiger partial charge in [0.1, 0.15) is 5.82 Å². The van der Waals surface area contributed by atoms with Gasteiger partial charge in [0.15, 0.2) is 0 Å². The van der Waals surface area contributed by atoms with Crippen LogP contribution in [0.25, 0.3) is 0 Å².